The summed E-state index contributed by atoms with van der Waals surface area (Å²) in [5.74, 6) is 2.37. The minimum absolute atomic E-state index is 0.560. The molecule has 0 spiro atoms. The van der Waals surface area contributed by atoms with Crippen molar-refractivity contribution in [3.05, 3.63) is 35.2 Å². The molecule has 0 aromatic carbocycles. The number of hydrogen-bond donors (Lipinski definition) is 0. The van der Waals surface area contributed by atoms with Crippen molar-refractivity contribution in [2.75, 3.05) is 0 Å². The van der Waals surface area contributed by atoms with E-state index in [0.717, 1.165) is 16.2 Å². The molecule has 0 aliphatic heterocycles. The zero-order chi connectivity index (χ0) is 10.3. The van der Waals surface area contributed by atoms with Crippen molar-refractivity contribution in [3.8, 4) is 5.82 Å². The van der Waals surface area contributed by atoms with Gasteiger partial charge in [-0.2, -0.15) is 0 Å². The van der Waals surface area contributed by atoms with Crippen molar-refractivity contribution in [3.63, 3.8) is 0 Å². The molecule has 4 nitrogen and oxygen atoms in total. The van der Waals surface area contributed by atoms with Crippen molar-refractivity contribution in [1.29, 1.82) is 0 Å². The van der Waals surface area contributed by atoms with E-state index >= 15 is 0 Å². The molecule has 2 aromatic heterocycles. The summed E-state index contributed by atoms with van der Waals surface area (Å²) in [6.07, 6.45) is 7.78. The summed E-state index contributed by atoms with van der Waals surface area (Å²) in [5.41, 5.74) is 0. The third kappa shape index (κ3) is 1.79. The third-order valence-corrected chi connectivity index (χ3v) is 2.82. The first kappa shape index (κ1) is 9.03. The highest BCUT2D eigenvalue weighted by Gasteiger charge is 2.27. The second-order valence-corrected chi connectivity index (χ2v) is 4.46. The molecular formula is C10H9BrN4. The molecule has 0 unspecified atom stereocenters. The van der Waals surface area contributed by atoms with E-state index in [-0.39, 0.29) is 0 Å². The molecule has 5 heteroatoms. The maximum absolute atomic E-state index is 4.52. The van der Waals surface area contributed by atoms with Crippen LogP contribution in [0.3, 0.4) is 0 Å². The Morgan fingerprint density at radius 3 is 2.87 bits per heavy atom. The van der Waals surface area contributed by atoms with E-state index in [1.54, 1.807) is 12.5 Å². The van der Waals surface area contributed by atoms with Crippen molar-refractivity contribution in [1.82, 2.24) is 19.5 Å². The van der Waals surface area contributed by atoms with Gasteiger partial charge in [-0.05, 0) is 28.8 Å². The molecule has 0 atom stereocenters. The van der Waals surface area contributed by atoms with E-state index in [4.69, 9.17) is 0 Å². The first-order valence-electron chi connectivity index (χ1n) is 4.86. The summed E-state index contributed by atoms with van der Waals surface area (Å²) in [5, 5.41) is 0. The van der Waals surface area contributed by atoms with Gasteiger partial charge in [-0.3, -0.25) is 4.57 Å². The highest BCUT2D eigenvalue weighted by Crippen LogP contribution is 2.38. The molecular weight excluding hydrogens is 256 g/mol. The normalized spacial score (nSPS) is 15.5. The number of nitrogens with zero attached hydrogens (tertiary/aromatic N) is 4. The first-order chi connectivity index (χ1) is 7.33. The van der Waals surface area contributed by atoms with Gasteiger partial charge in [0.05, 0.1) is 0 Å². The second kappa shape index (κ2) is 3.41. The van der Waals surface area contributed by atoms with E-state index in [9.17, 15) is 0 Å². The summed E-state index contributed by atoms with van der Waals surface area (Å²) >= 11 is 3.41. The summed E-state index contributed by atoms with van der Waals surface area (Å²) in [4.78, 5) is 12.9. The highest BCUT2D eigenvalue weighted by molar-refractivity contribution is 9.10. The topological polar surface area (TPSA) is 43.6 Å². The summed E-state index contributed by atoms with van der Waals surface area (Å²) in [7, 11) is 0. The molecule has 76 valence electrons. The van der Waals surface area contributed by atoms with E-state index < -0.39 is 0 Å². The van der Waals surface area contributed by atoms with E-state index in [1.165, 1.54) is 12.8 Å². The van der Waals surface area contributed by atoms with Crippen LogP contribution in [-0.4, -0.2) is 19.5 Å². The van der Waals surface area contributed by atoms with Gasteiger partial charge in [0.25, 0.3) is 0 Å². The minimum atomic E-state index is 0.560. The quantitative estimate of drug-likeness (QED) is 0.782. The molecule has 0 amide bonds. The fourth-order valence-electron chi connectivity index (χ4n) is 1.47. The Bertz CT molecular complexity index is 476. The minimum Gasteiger partial charge on any atom is -0.290 e. The Kier molecular flexibility index (Phi) is 2.05. The SMILES string of the molecule is Brc1cc(-n2ccnc2)nc(C2CC2)n1. The van der Waals surface area contributed by atoms with Crippen LogP contribution in [0.2, 0.25) is 0 Å². The predicted molar refractivity (Wildman–Crippen MR) is 58.8 cm³/mol. The number of hydrogen-bond acceptors (Lipinski definition) is 3. The fourth-order valence-corrected chi connectivity index (χ4v) is 1.86. The number of aromatic nitrogens is 4. The fraction of sp³-hybridized carbons (Fsp3) is 0.300. The van der Waals surface area contributed by atoms with Gasteiger partial charge in [-0.15, -0.1) is 0 Å². The molecule has 2 aromatic rings. The average Bonchev–Trinajstić information content (AvgIpc) is 2.93. The van der Waals surface area contributed by atoms with Crippen LogP contribution < -0.4 is 0 Å². The number of rotatable bonds is 2. The van der Waals surface area contributed by atoms with Gasteiger partial charge in [0.2, 0.25) is 0 Å². The monoisotopic (exact) mass is 264 g/mol. The van der Waals surface area contributed by atoms with Crippen LogP contribution in [0, 0.1) is 0 Å². The van der Waals surface area contributed by atoms with Gasteiger partial charge in [0.15, 0.2) is 0 Å². The van der Waals surface area contributed by atoms with E-state index in [2.05, 4.69) is 30.9 Å². The molecule has 0 radical (unpaired) electrons. The second-order valence-electron chi connectivity index (χ2n) is 3.65. The van der Waals surface area contributed by atoms with Gasteiger partial charge in [0, 0.05) is 24.4 Å². The van der Waals surface area contributed by atoms with Crippen LogP contribution in [0.15, 0.2) is 29.4 Å². The van der Waals surface area contributed by atoms with E-state index in [1.807, 2.05) is 16.8 Å². The van der Waals surface area contributed by atoms with Gasteiger partial charge < -0.3 is 0 Å². The Morgan fingerprint density at radius 2 is 2.20 bits per heavy atom. The largest absolute Gasteiger partial charge is 0.290 e. The Labute approximate surface area is 95.5 Å². The Hall–Kier alpha value is -1.23. The molecule has 15 heavy (non-hydrogen) atoms. The molecule has 1 aliphatic carbocycles. The first-order valence-corrected chi connectivity index (χ1v) is 5.65. The van der Waals surface area contributed by atoms with Crippen molar-refractivity contribution < 1.29 is 0 Å². The molecule has 1 aliphatic rings. The maximum atomic E-state index is 4.52. The van der Waals surface area contributed by atoms with Gasteiger partial charge in [-0.1, -0.05) is 0 Å². The Balaban J connectivity index is 2.07. The zero-order valence-electron chi connectivity index (χ0n) is 7.97. The van der Waals surface area contributed by atoms with Crippen LogP contribution in [-0.2, 0) is 0 Å². The zero-order valence-corrected chi connectivity index (χ0v) is 9.55. The molecule has 2 heterocycles. The lowest BCUT2D eigenvalue weighted by atomic mass is 10.4. The summed E-state index contributed by atoms with van der Waals surface area (Å²) in [6, 6.07) is 1.90. The van der Waals surface area contributed by atoms with Crippen LogP contribution >= 0.6 is 15.9 Å². The van der Waals surface area contributed by atoms with Crippen molar-refractivity contribution in [2.24, 2.45) is 0 Å². The highest BCUT2D eigenvalue weighted by atomic mass is 79.9. The lowest BCUT2D eigenvalue weighted by molar-refractivity contribution is 0.869. The van der Waals surface area contributed by atoms with Gasteiger partial charge >= 0.3 is 0 Å². The summed E-state index contributed by atoms with van der Waals surface area (Å²) < 4.78 is 2.72. The third-order valence-electron chi connectivity index (χ3n) is 2.41. The van der Waals surface area contributed by atoms with E-state index in [0.29, 0.717) is 5.92 Å². The Morgan fingerprint density at radius 1 is 1.33 bits per heavy atom. The lowest BCUT2D eigenvalue weighted by Crippen LogP contribution is -2.00. The van der Waals surface area contributed by atoms with Crippen molar-refractivity contribution in [2.45, 2.75) is 18.8 Å². The van der Waals surface area contributed by atoms with Crippen LogP contribution in [0.5, 0.6) is 0 Å². The van der Waals surface area contributed by atoms with Gasteiger partial charge in [0.1, 0.15) is 22.6 Å². The average molecular weight is 265 g/mol. The smallest absolute Gasteiger partial charge is 0.142 e. The number of halogens is 1. The van der Waals surface area contributed by atoms with Crippen LogP contribution in [0.4, 0.5) is 0 Å². The molecule has 1 saturated carbocycles. The molecule has 3 rings (SSSR count). The van der Waals surface area contributed by atoms with Crippen LogP contribution in [0.25, 0.3) is 5.82 Å². The number of imidazole rings is 1. The molecule has 0 saturated heterocycles. The molecule has 0 N–H and O–H groups in total. The summed E-state index contributed by atoms with van der Waals surface area (Å²) in [6.45, 7) is 0. The molecule has 1 fully saturated rings. The lowest BCUT2D eigenvalue weighted by Gasteiger charge is -2.04. The van der Waals surface area contributed by atoms with Crippen LogP contribution in [0.1, 0.15) is 24.6 Å². The standard InChI is InChI=1S/C10H9BrN4/c11-8-5-9(15-4-3-12-6-15)14-10(13-8)7-1-2-7/h3-7H,1-2H2. The molecule has 0 bridgehead atoms. The van der Waals surface area contributed by atoms with Crippen molar-refractivity contribution >= 4 is 15.9 Å². The van der Waals surface area contributed by atoms with Gasteiger partial charge in [-0.25, -0.2) is 15.0 Å². The maximum Gasteiger partial charge on any atom is 0.142 e. The predicted octanol–water partition coefficient (Wildman–Crippen LogP) is 2.30.